The number of tetrazole rings is 1. The fourth-order valence-electron chi connectivity index (χ4n) is 2.54. The largest absolute Gasteiger partial charge is 0.323 e. The van der Waals surface area contributed by atoms with Gasteiger partial charge in [-0.05, 0) is 17.3 Å². The monoisotopic (exact) mass is 330 g/mol. The van der Waals surface area contributed by atoms with Gasteiger partial charge in [0.2, 0.25) is 11.7 Å². The van der Waals surface area contributed by atoms with Gasteiger partial charge in [-0.25, -0.2) is 0 Å². The first-order valence-corrected chi connectivity index (χ1v) is 7.76. The number of nitrogens with zero attached hydrogens (tertiary/aromatic N) is 5. The van der Waals surface area contributed by atoms with Crippen molar-refractivity contribution in [3.8, 4) is 11.4 Å². The molecular weight excluding hydrogens is 316 g/mol. The number of pyridine rings is 1. The zero-order chi connectivity index (χ0) is 17.1. The second kappa shape index (κ2) is 6.48. The molecule has 0 aliphatic heterocycles. The highest BCUT2D eigenvalue weighted by atomic mass is 16.2. The van der Waals surface area contributed by atoms with Gasteiger partial charge in [0, 0.05) is 17.1 Å². The molecule has 0 aliphatic carbocycles. The van der Waals surface area contributed by atoms with Crippen molar-refractivity contribution in [3.63, 3.8) is 0 Å². The number of hydrogen-bond donors (Lipinski definition) is 1. The van der Waals surface area contributed by atoms with Gasteiger partial charge in [0.15, 0.2) is 0 Å². The highest BCUT2D eigenvalue weighted by Crippen LogP contribution is 2.20. The van der Waals surface area contributed by atoms with E-state index in [1.54, 1.807) is 6.20 Å². The minimum absolute atomic E-state index is 0.0247. The molecule has 4 aromatic rings. The summed E-state index contributed by atoms with van der Waals surface area (Å²) in [6, 6.07) is 18.9. The van der Waals surface area contributed by atoms with Crippen LogP contribution in [0.15, 0.2) is 66.9 Å². The average Bonchev–Trinajstić information content (AvgIpc) is 3.11. The van der Waals surface area contributed by atoms with Gasteiger partial charge in [0.25, 0.3) is 0 Å². The lowest BCUT2D eigenvalue weighted by Gasteiger charge is -2.07. The van der Waals surface area contributed by atoms with E-state index in [0.717, 1.165) is 16.5 Å². The molecule has 25 heavy (non-hydrogen) atoms. The third-order valence-corrected chi connectivity index (χ3v) is 3.68. The van der Waals surface area contributed by atoms with Gasteiger partial charge >= 0.3 is 0 Å². The molecule has 2 aromatic heterocycles. The van der Waals surface area contributed by atoms with Crippen LogP contribution in [0.4, 0.5) is 5.69 Å². The highest BCUT2D eigenvalue weighted by molar-refractivity contribution is 6.00. The van der Waals surface area contributed by atoms with Crippen molar-refractivity contribution < 1.29 is 4.79 Å². The van der Waals surface area contributed by atoms with E-state index in [9.17, 15) is 4.79 Å². The summed E-state index contributed by atoms with van der Waals surface area (Å²) in [6.07, 6.45) is 1.70. The van der Waals surface area contributed by atoms with Crippen molar-refractivity contribution in [3.05, 3.63) is 66.9 Å². The summed E-state index contributed by atoms with van der Waals surface area (Å²) in [7, 11) is 0. The number of benzene rings is 2. The summed E-state index contributed by atoms with van der Waals surface area (Å²) in [5.41, 5.74) is 2.26. The van der Waals surface area contributed by atoms with Crippen LogP contribution >= 0.6 is 0 Å². The molecule has 1 amide bonds. The molecule has 0 atom stereocenters. The molecule has 0 fully saturated rings. The van der Waals surface area contributed by atoms with Crippen LogP contribution in [0.5, 0.6) is 0 Å². The fraction of sp³-hybridized carbons (Fsp3) is 0.0556. The van der Waals surface area contributed by atoms with Crippen LogP contribution in [0.1, 0.15) is 0 Å². The number of carbonyl (C=O) groups is 1. The Hall–Kier alpha value is -3.61. The van der Waals surface area contributed by atoms with Gasteiger partial charge in [0.1, 0.15) is 6.54 Å². The van der Waals surface area contributed by atoms with Crippen molar-refractivity contribution in [1.82, 2.24) is 25.2 Å². The molecular formula is C18H14N6O. The van der Waals surface area contributed by atoms with Gasteiger partial charge in [-0.2, -0.15) is 4.80 Å². The van der Waals surface area contributed by atoms with Crippen LogP contribution in [0.3, 0.4) is 0 Å². The van der Waals surface area contributed by atoms with Gasteiger partial charge in [-0.3, -0.25) is 9.78 Å². The Balaban J connectivity index is 1.50. The molecule has 0 saturated carbocycles. The minimum atomic E-state index is -0.241. The summed E-state index contributed by atoms with van der Waals surface area (Å²) in [6.45, 7) is -0.0247. The topological polar surface area (TPSA) is 85.6 Å². The molecule has 4 rings (SSSR count). The van der Waals surface area contributed by atoms with Gasteiger partial charge in [-0.1, -0.05) is 48.5 Å². The zero-order valence-electron chi connectivity index (χ0n) is 13.2. The quantitative estimate of drug-likeness (QED) is 0.621. The molecule has 0 bridgehead atoms. The van der Waals surface area contributed by atoms with Crippen LogP contribution < -0.4 is 5.32 Å². The smallest absolute Gasteiger partial charge is 0.248 e. The van der Waals surface area contributed by atoms with Crippen molar-refractivity contribution in [2.45, 2.75) is 6.54 Å². The van der Waals surface area contributed by atoms with E-state index in [2.05, 4.69) is 25.7 Å². The predicted octanol–water partition coefficient (Wildman–Crippen LogP) is 2.53. The lowest BCUT2D eigenvalue weighted by atomic mass is 10.2. The Kier molecular flexibility index (Phi) is 3.88. The molecule has 0 aliphatic rings. The molecule has 7 nitrogen and oxygen atoms in total. The second-order valence-electron chi connectivity index (χ2n) is 5.44. The van der Waals surface area contributed by atoms with E-state index in [-0.39, 0.29) is 12.5 Å². The SMILES string of the molecule is O=C(Cn1nnc(-c2ccccc2)n1)Nc1cccc2cccnc12. The van der Waals surface area contributed by atoms with E-state index < -0.39 is 0 Å². The van der Waals surface area contributed by atoms with E-state index in [4.69, 9.17) is 0 Å². The van der Waals surface area contributed by atoms with Crippen molar-refractivity contribution in [2.75, 3.05) is 5.32 Å². The Bertz CT molecular complexity index is 1020. The van der Waals surface area contributed by atoms with E-state index in [0.29, 0.717) is 11.5 Å². The van der Waals surface area contributed by atoms with Gasteiger partial charge in [-0.15, -0.1) is 10.2 Å². The molecule has 0 saturated heterocycles. The molecule has 2 aromatic carbocycles. The van der Waals surface area contributed by atoms with Crippen LogP contribution in [-0.4, -0.2) is 31.1 Å². The lowest BCUT2D eigenvalue weighted by Crippen LogP contribution is -2.20. The summed E-state index contributed by atoms with van der Waals surface area (Å²) in [5, 5.41) is 16.0. The lowest BCUT2D eigenvalue weighted by molar-refractivity contribution is -0.117. The number of amides is 1. The molecule has 1 N–H and O–H groups in total. The highest BCUT2D eigenvalue weighted by Gasteiger charge is 2.11. The van der Waals surface area contributed by atoms with E-state index in [1.165, 1.54) is 4.80 Å². The standard InChI is InChI=1S/C18H14N6O/c25-16(20-15-10-4-8-13-9-5-11-19-17(13)15)12-24-22-18(21-23-24)14-6-2-1-3-7-14/h1-11H,12H2,(H,20,25). The number of para-hydroxylation sites is 1. The Labute approximate surface area is 143 Å². The minimum Gasteiger partial charge on any atom is -0.323 e. The first-order chi connectivity index (χ1) is 12.3. The van der Waals surface area contributed by atoms with Crippen molar-refractivity contribution in [2.24, 2.45) is 0 Å². The molecule has 0 unspecified atom stereocenters. The van der Waals surface area contributed by atoms with Crippen LogP contribution in [0, 0.1) is 0 Å². The Morgan fingerprint density at radius 3 is 2.72 bits per heavy atom. The van der Waals surface area contributed by atoms with Gasteiger partial charge < -0.3 is 5.32 Å². The van der Waals surface area contributed by atoms with Crippen LogP contribution in [0.25, 0.3) is 22.3 Å². The summed E-state index contributed by atoms with van der Waals surface area (Å²) >= 11 is 0. The molecule has 7 heteroatoms. The van der Waals surface area contributed by atoms with Gasteiger partial charge in [0.05, 0.1) is 11.2 Å². The van der Waals surface area contributed by atoms with Crippen molar-refractivity contribution in [1.29, 1.82) is 0 Å². The summed E-state index contributed by atoms with van der Waals surface area (Å²) < 4.78 is 0. The Morgan fingerprint density at radius 1 is 1.00 bits per heavy atom. The first kappa shape index (κ1) is 14.9. The zero-order valence-corrected chi connectivity index (χ0v) is 13.2. The molecule has 0 spiro atoms. The third-order valence-electron chi connectivity index (χ3n) is 3.68. The number of anilines is 1. The second-order valence-corrected chi connectivity index (χ2v) is 5.44. The average molecular weight is 330 g/mol. The maximum absolute atomic E-state index is 12.3. The van der Waals surface area contributed by atoms with Crippen LogP contribution in [0.2, 0.25) is 0 Å². The fourth-order valence-corrected chi connectivity index (χ4v) is 2.54. The summed E-state index contributed by atoms with van der Waals surface area (Å²) in [5.74, 6) is 0.246. The maximum Gasteiger partial charge on any atom is 0.248 e. The number of hydrogen-bond acceptors (Lipinski definition) is 5. The van der Waals surface area contributed by atoms with Crippen molar-refractivity contribution >= 4 is 22.5 Å². The number of rotatable bonds is 4. The van der Waals surface area contributed by atoms with Crippen LogP contribution in [-0.2, 0) is 11.3 Å². The molecule has 2 heterocycles. The number of nitrogens with one attached hydrogen (secondary N) is 1. The predicted molar refractivity (Wildman–Crippen MR) is 93.6 cm³/mol. The van der Waals surface area contributed by atoms with E-state index in [1.807, 2.05) is 60.7 Å². The normalized spacial score (nSPS) is 10.7. The molecule has 122 valence electrons. The summed E-state index contributed by atoms with van der Waals surface area (Å²) in [4.78, 5) is 17.9. The number of fused-ring (bicyclic) bond motifs is 1. The molecule has 0 radical (unpaired) electrons. The number of carbonyl (C=O) groups excluding carboxylic acids is 1. The Morgan fingerprint density at radius 2 is 1.84 bits per heavy atom. The van der Waals surface area contributed by atoms with E-state index >= 15 is 0 Å². The maximum atomic E-state index is 12.3. The number of aromatic nitrogens is 5. The third kappa shape index (κ3) is 3.20. The first-order valence-electron chi connectivity index (χ1n) is 7.76.